The van der Waals surface area contributed by atoms with Gasteiger partial charge in [0.15, 0.2) is 5.41 Å². The first kappa shape index (κ1) is 23.3. The van der Waals surface area contributed by atoms with Crippen molar-refractivity contribution in [1.82, 2.24) is 0 Å². The smallest absolute Gasteiger partial charge is 0.323 e. The summed E-state index contributed by atoms with van der Waals surface area (Å²) in [7, 11) is 0. The van der Waals surface area contributed by atoms with Gasteiger partial charge in [0.25, 0.3) is 0 Å². The molecule has 1 aliphatic carbocycles. The second kappa shape index (κ2) is 10.5. The molecule has 0 N–H and O–H groups in total. The van der Waals surface area contributed by atoms with Gasteiger partial charge in [0, 0.05) is 10.5 Å². The van der Waals surface area contributed by atoms with Crippen LogP contribution in [0, 0.1) is 17.3 Å². The van der Waals surface area contributed by atoms with Crippen LogP contribution in [0.25, 0.3) is 10.4 Å². The van der Waals surface area contributed by atoms with E-state index in [-0.39, 0.29) is 25.0 Å². The maximum absolute atomic E-state index is 12.8. The minimum atomic E-state index is -1.30. The topological polar surface area (TPSA) is 101 Å². The molecule has 2 atom stereocenters. The molecule has 0 amide bonds. The number of unbranched alkanes of at least 4 members (excludes halogenated alkanes) is 3. The van der Waals surface area contributed by atoms with Gasteiger partial charge < -0.3 is 9.47 Å². The quantitative estimate of drug-likeness (QED) is 0.123. The van der Waals surface area contributed by atoms with E-state index in [2.05, 4.69) is 16.9 Å². The molecule has 27 heavy (non-hydrogen) atoms. The average Bonchev–Trinajstić information content (AvgIpc) is 3.01. The molecular weight excluding hydrogens is 346 g/mol. The number of carbonyl (C=O) groups excluding carboxylic acids is 2. The van der Waals surface area contributed by atoms with Crippen molar-refractivity contribution in [1.29, 1.82) is 0 Å². The molecule has 0 saturated heterocycles. The van der Waals surface area contributed by atoms with Crippen molar-refractivity contribution in [2.45, 2.75) is 85.1 Å². The van der Waals surface area contributed by atoms with Crippen LogP contribution < -0.4 is 0 Å². The van der Waals surface area contributed by atoms with Gasteiger partial charge in [-0.15, -0.1) is 0 Å². The van der Waals surface area contributed by atoms with E-state index in [4.69, 9.17) is 15.0 Å². The number of azide groups is 1. The third kappa shape index (κ3) is 5.61. The number of rotatable bonds is 11. The zero-order valence-corrected chi connectivity index (χ0v) is 17.5. The van der Waals surface area contributed by atoms with Crippen molar-refractivity contribution in [2.24, 2.45) is 22.4 Å². The zero-order chi connectivity index (χ0) is 20.5. The van der Waals surface area contributed by atoms with E-state index in [9.17, 15) is 9.59 Å². The fraction of sp³-hybridized carbons (Fsp3) is 0.900. The van der Waals surface area contributed by atoms with Gasteiger partial charge in [0.2, 0.25) is 0 Å². The molecule has 0 heterocycles. The zero-order valence-electron chi connectivity index (χ0n) is 17.5. The van der Waals surface area contributed by atoms with Crippen LogP contribution in [0.15, 0.2) is 5.11 Å². The Hall–Kier alpha value is -1.75. The minimum Gasteiger partial charge on any atom is -0.465 e. The van der Waals surface area contributed by atoms with Gasteiger partial charge >= 0.3 is 11.9 Å². The number of carbonyl (C=O) groups is 2. The number of nitrogens with zero attached hydrogens (tertiary/aromatic N) is 3. The number of esters is 2. The molecule has 1 rings (SSSR count). The summed E-state index contributed by atoms with van der Waals surface area (Å²) in [5.74, 6) is -0.998. The van der Waals surface area contributed by atoms with Crippen molar-refractivity contribution in [2.75, 3.05) is 13.2 Å². The molecule has 1 saturated carbocycles. The molecule has 0 aromatic rings. The van der Waals surface area contributed by atoms with E-state index in [0.29, 0.717) is 12.8 Å². The lowest BCUT2D eigenvalue weighted by atomic mass is 9.78. The predicted octanol–water partition coefficient (Wildman–Crippen LogP) is 5.18. The summed E-state index contributed by atoms with van der Waals surface area (Å²) in [6.45, 7) is 9.81. The van der Waals surface area contributed by atoms with E-state index in [0.717, 1.165) is 32.1 Å². The fourth-order valence-electron chi connectivity index (χ4n) is 4.32. The second-order valence-electron chi connectivity index (χ2n) is 7.99. The summed E-state index contributed by atoms with van der Waals surface area (Å²) in [6, 6.07) is 0. The Morgan fingerprint density at radius 3 is 2.15 bits per heavy atom. The Morgan fingerprint density at radius 1 is 1.07 bits per heavy atom. The van der Waals surface area contributed by atoms with Gasteiger partial charge in [-0.1, -0.05) is 58.0 Å². The Kier molecular flexibility index (Phi) is 9.10. The highest BCUT2D eigenvalue weighted by Gasteiger charge is 2.59. The van der Waals surface area contributed by atoms with Gasteiger partial charge in [-0.2, -0.15) is 0 Å². The number of ether oxygens (including phenoxy) is 2. The molecule has 0 aromatic heterocycles. The monoisotopic (exact) mass is 381 g/mol. The van der Waals surface area contributed by atoms with Gasteiger partial charge in [-0.25, -0.2) is 0 Å². The third-order valence-corrected chi connectivity index (χ3v) is 5.72. The minimum absolute atomic E-state index is 0.0798. The molecule has 7 heteroatoms. The lowest BCUT2D eigenvalue weighted by Gasteiger charge is -2.32. The van der Waals surface area contributed by atoms with Crippen LogP contribution in [0.5, 0.6) is 0 Å². The summed E-state index contributed by atoms with van der Waals surface area (Å²) in [5, 5.41) is 3.99. The molecule has 0 radical (unpaired) electrons. The van der Waals surface area contributed by atoms with Crippen LogP contribution in [0.1, 0.15) is 79.6 Å². The molecule has 7 nitrogen and oxygen atoms in total. The first-order chi connectivity index (χ1) is 12.8. The second-order valence-corrected chi connectivity index (χ2v) is 7.99. The summed E-state index contributed by atoms with van der Waals surface area (Å²) in [5.41, 5.74) is 7.00. The van der Waals surface area contributed by atoms with Crippen LogP contribution in [0.4, 0.5) is 0 Å². The lowest BCUT2D eigenvalue weighted by Crippen LogP contribution is -2.41. The van der Waals surface area contributed by atoms with Crippen molar-refractivity contribution >= 4 is 11.9 Å². The molecule has 1 aliphatic rings. The van der Waals surface area contributed by atoms with Crippen molar-refractivity contribution < 1.29 is 19.1 Å². The van der Waals surface area contributed by atoms with E-state index >= 15 is 0 Å². The average molecular weight is 382 g/mol. The Morgan fingerprint density at radius 2 is 1.67 bits per heavy atom. The number of hydrogen-bond acceptors (Lipinski definition) is 5. The Balaban J connectivity index is 3.19. The molecule has 0 spiro atoms. The van der Waals surface area contributed by atoms with E-state index in [1.807, 2.05) is 13.8 Å². The third-order valence-electron chi connectivity index (χ3n) is 5.72. The van der Waals surface area contributed by atoms with Crippen LogP contribution in [0.2, 0.25) is 0 Å². The maximum Gasteiger partial charge on any atom is 0.323 e. The van der Waals surface area contributed by atoms with E-state index < -0.39 is 22.9 Å². The summed E-state index contributed by atoms with van der Waals surface area (Å²) >= 11 is 0. The molecule has 1 fully saturated rings. The Labute approximate surface area is 162 Å². The molecular formula is C20H35N3O4. The van der Waals surface area contributed by atoms with Crippen molar-refractivity contribution in [3.05, 3.63) is 10.4 Å². The summed E-state index contributed by atoms with van der Waals surface area (Å²) in [4.78, 5) is 28.6. The fourth-order valence-corrected chi connectivity index (χ4v) is 4.32. The molecule has 0 unspecified atom stereocenters. The van der Waals surface area contributed by atoms with Gasteiger partial charge in [0.05, 0.1) is 13.2 Å². The van der Waals surface area contributed by atoms with Gasteiger partial charge in [0.1, 0.15) is 0 Å². The largest absolute Gasteiger partial charge is 0.465 e. The molecule has 0 aliphatic heterocycles. The van der Waals surface area contributed by atoms with E-state index in [1.165, 1.54) is 0 Å². The summed E-state index contributed by atoms with van der Waals surface area (Å²) in [6.07, 6.45) is 6.05. The normalized spacial score (nSPS) is 21.4. The van der Waals surface area contributed by atoms with Crippen LogP contribution in [0.3, 0.4) is 0 Å². The van der Waals surface area contributed by atoms with Crippen LogP contribution >= 0.6 is 0 Å². The van der Waals surface area contributed by atoms with Crippen molar-refractivity contribution in [3.8, 4) is 0 Å². The highest BCUT2D eigenvalue weighted by Crippen LogP contribution is 2.53. The first-order valence-corrected chi connectivity index (χ1v) is 10.2. The standard InChI is InChI=1S/C20H35N3O4/c1-6-9-10-11-12-15-13-20(17(24)26-7-2,18(25)27-8-3)14-16(15)19(4,5)22-23-21/h15-16H,6-14H2,1-5H3/t15-,16+/m0/s1. The van der Waals surface area contributed by atoms with Crippen LogP contribution in [-0.4, -0.2) is 30.7 Å². The van der Waals surface area contributed by atoms with Crippen molar-refractivity contribution in [3.63, 3.8) is 0 Å². The molecule has 154 valence electrons. The van der Waals surface area contributed by atoms with Gasteiger partial charge in [-0.3, -0.25) is 9.59 Å². The summed E-state index contributed by atoms with van der Waals surface area (Å²) < 4.78 is 10.5. The highest BCUT2D eigenvalue weighted by atomic mass is 16.6. The van der Waals surface area contributed by atoms with E-state index in [1.54, 1.807) is 13.8 Å². The maximum atomic E-state index is 12.8. The highest BCUT2D eigenvalue weighted by molar-refractivity contribution is 6.00. The van der Waals surface area contributed by atoms with Crippen LogP contribution in [-0.2, 0) is 19.1 Å². The lowest BCUT2D eigenvalue weighted by molar-refractivity contribution is -0.172. The van der Waals surface area contributed by atoms with Gasteiger partial charge in [-0.05, 0) is 44.1 Å². The molecule has 0 aromatic carbocycles. The number of hydrogen-bond donors (Lipinski definition) is 0. The SMILES string of the molecule is CCCCCC[C@H]1CC(C(=O)OCC)(C(=O)OCC)C[C@H]1C(C)(C)N=[N+]=[N-]. The Bertz CT molecular complexity index is 537. The first-order valence-electron chi connectivity index (χ1n) is 10.2. The predicted molar refractivity (Wildman–Crippen MR) is 104 cm³/mol. The molecule has 0 bridgehead atoms.